The average Bonchev–Trinajstić information content (AvgIpc) is 2.76. The number of carbonyl (C=O) groups is 2. The molecule has 0 saturated carbocycles. The number of nitro groups is 1. The van der Waals surface area contributed by atoms with Crippen molar-refractivity contribution in [3.8, 4) is 11.5 Å². The van der Waals surface area contributed by atoms with E-state index >= 15 is 0 Å². The third-order valence-corrected chi connectivity index (χ3v) is 4.05. The highest BCUT2D eigenvalue weighted by Crippen LogP contribution is 2.41. The van der Waals surface area contributed by atoms with E-state index in [1.54, 1.807) is 26.0 Å². The second-order valence-corrected chi connectivity index (χ2v) is 6.98. The molecule has 1 N–H and O–H groups in total. The van der Waals surface area contributed by atoms with Crippen LogP contribution in [0.5, 0.6) is 11.5 Å². The predicted octanol–water partition coefficient (Wildman–Crippen LogP) is 4.77. The molecule has 0 spiro atoms. The Balaban J connectivity index is 2.34. The topological polar surface area (TPSA) is 117 Å². The Morgan fingerprint density at radius 1 is 1.16 bits per heavy atom. The van der Waals surface area contributed by atoms with Gasteiger partial charge in [-0.2, -0.15) is 0 Å². The number of amides is 1. The molecule has 0 fully saturated rings. The number of anilines is 1. The molecule has 2 aromatic carbocycles. The highest BCUT2D eigenvalue weighted by Gasteiger charge is 2.27. The Labute approximate surface area is 186 Å². The zero-order valence-electron chi connectivity index (χ0n) is 18.3. The first kappa shape index (κ1) is 24.4. The van der Waals surface area contributed by atoms with Crippen LogP contribution < -0.4 is 14.8 Å². The van der Waals surface area contributed by atoms with Crippen LogP contribution >= 0.6 is 0 Å². The third-order valence-electron chi connectivity index (χ3n) is 4.05. The molecule has 0 bridgehead atoms. The van der Waals surface area contributed by atoms with Gasteiger partial charge in [-0.3, -0.25) is 14.9 Å². The third kappa shape index (κ3) is 6.31. The summed E-state index contributed by atoms with van der Waals surface area (Å²) in [7, 11) is 0. The zero-order valence-corrected chi connectivity index (χ0v) is 18.3. The minimum atomic E-state index is -0.581. The summed E-state index contributed by atoms with van der Waals surface area (Å²) in [4.78, 5) is 35.7. The van der Waals surface area contributed by atoms with E-state index in [1.165, 1.54) is 30.3 Å². The fourth-order valence-electron chi connectivity index (χ4n) is 2.68. The first-order valence-corrected chi connectivity index (χ1v) is 10.1. The Hall–Kier alpha value is -3.88. The standard InChI is InChI=1S/C23H26N2O7/c1-5-13-30-20-18(11-12-19(25(28)29)21(20)32-15(3)4)22(26)24-17-9-7-16(8-10-17)23(27)31-14-6-2/h6-12,15H,2,5,13-14H2,1,3-4H3,(H,24,26). The van der Waals surface area contributed by atoms with Crippen LogP contribution in [0, 0.1) is 10.1 Å². The summed E-state index contributed by atoms with van der Waals surface area (Å²) < 4.78 is 16.3. The number of ether oxygens (including phenoxy) is 3. The van der Waals surface area contributed by atoms with E-state index in [9.17, 15) is 19.7 Å². The van der Waals surface area contributed by atoms with E-state index in [0.717, 1.165) is 0 Å². The molecule has 0 aliphatic rings. The maximum atomic E-state index is 13.0. The predicted molar refractivity (Wildman–Crippen MR) is 120 cm³/mol. The van der Waals surface area contributed by atoms with Gasteiger partial charge in [-0.05, 0) is 50.6 Å². The molecule has 0 atom stereocenters. The number of rotatable bonds is 11. The van der Waals surface area contributed by atoms with Crippen molar-refractivity contribution in [2.24, 2.45) is 0 Å². The van der Waals surface area contributed by atoms with Crippen LogP contribution in [0.1, 0.15) is 47.9 Å². The fraction of sp³-hybridized carbons (Fsp3) is 0.304. The molecule has 0 aliphatic heterocycles. The molecule has 2 rings (SSSR count). The number of benzene rings is 2. The number of hydrogen-bond donors (Lipinski definition) is 1. The van der Waals surface area contributed by atoms with Crippen LogP contribution in [0.3, 0.4) is 0 Å². The van der Waals surface area contributed by atoms with Gasteiger partial charge in [0.05, 0.1) is 28.8 Å². The maximum absolute atomic E-state index is 13.0. The smallest absolute Gasteiger partial charge is 0.338 e. The zero-order chi connectivity index (χ0) is 23.7. The monoisotopic (exact) mass is 442 g/mol. The average molecular weight is 442 g/mol. The molecule has 9 heteroatoms. The van der Waals surface area contributed by atoms with Crippen molar-refractivity contribution < 1.29 is 28.7 Å². The molecule has 0 saturated heterocycles. The second kappa shape index (κ2) is 11.5. The van der Waals surface area contributed by atoms with Gasteiger partial charge in [-0.25, -0.2) is 4.79 Å². The molecule has 1 amide bonds. The van der Waals surface area contributed by atoms with E-state index in [4.69, 9.17) is 14.2 Å². The number of carbonyl (C=O) groups excluding carboxylic acids is 2. The molecule has 9 nitrogen and oxygen atoms in total. The summed E-state index contributed by atoms with van der Waals surface area (Å²) in [5.74, 6) is -1.13. The molecule has 32 heavy (non-hydrogen) atoms. The minimum Gasteiger partial charge on any atom is -0.489 e. The lowest BCUT2D eigenvalue weighted by Crippen LogP contribution is -2.17. The van der Waals surface area contributed by atoms with Gasteiger partial charge in [0, 0.05) is 11.8 Å². The van der Waals surface area contributed by atoms with Gasteiger partial charge in [0.25, 0.3) is 5.91 Å². The fourth-order valence-corrected chi connectivity index (χ4v) is 2.68. The number of nitrogens with one attached hydrogen (secondary N) is 1. The van der Waals surface area contributed by atoms with E-state index in [1.807, 2.05) is 6.92 Å². The number of hydrogen-bond acceptors (Lipinski definition) is 7. The highest BCUT2D eigenvalue weighted by molar-refractivity contribution is 6.07. The SMILES string of the molecule is C=CCOC(=O)c1ccc(NC(=O)c2ccc([N+](=O)[O-])c(OC(C)C)c2OCCC)cc1. The first-order chi connectivity index (χ1) is 15.3. The highest BCUT2D eigenvalue weighted by atomic mass is 16.6. The van der Waals surface area contributed by atoms with Crippen LogP contribution in [0.4, 0.5) is 11.4 Å². The molecule has 0 unspecified atom stereocenters. The van der Waals surface area contributed by atoms with Crippen molar-refractivity contribution in [2.45, 2.75) is 33.3 Å². The lowest BCUT2D eigenvalue weighted by molar-refractivity contribution is -0.386. The normalized spacial score (nSPS) is 10.4. The minimum absolute atomic E-state index is 0.0110. The molecule has 0 aromatic heterocycles. The quantitative estimate of drug-likeness (QED) is 0.231. The molecule has 0 radical (unpaired) electrons. The molecule has 0 aliphatic carbocycles. The van der Waals surface area contributed by atoms with Crippen LogP contribution in [0.15, 0.2) is 49.1 Å². The summed E-state index contributed by atoms with van der Waals surface area (Å²) >= 11 is 0. The van der Waals surface area contributed by atoms with Crippen LogP contribution in [-0.4, -0.2) is 36.1 Å². The Morgan fingerprint density at radius 3 is 2.41 bits per heavy atom. The van der Waals surface area contributed by atoms with Gasteiger partial charge in [-0.1, -0.05) is 19.6 Å². The molecular weight excluding hydrogens is 416 g/mol. The van der Waals surface area contributed by atoms with Gasteiger partial charge in [0.2, 0.25) is 5.75 Å². The van der Waals surface area contributed by atoms with Gasteiger partial charge >= 0.3 is 11.7 Å². The van der Waals surface area contributed by atoms with Crippen molar-refractivity contribution in [2.75, 3.05) is 18.5 Å². The Kier molecular flexibility index (Phi) is 8.76. The summed E-state index contributed by atoms with van der Waals surface area (Å²) in [5.41, 5.74) is 0.541. The second-order valence-electron chi connectivity index (χ2n) is 6.98. The lowest BCUT2D eigenvalue weighted by Gasteiger charge is -2.18. The molecule has 2 aromatic rings. The first-order valence-electron chi connectivity index (χ1n) is 10.1. The number of nitrogens with zero attached hydrogens (tertiary/aromatic N) is 1. The van der Waals surface area contributed by atoms with Crippen molar-refractivity contribution in [3.05, 3.63) is 70.3 Å². The van der Waals surface area contributed by atoms with E-state index < -0.39 is 16.8 Å². The molecule has 170 valence electrons. The molecule has 0 heterocycles. The Morgan fingerprint density at radius 2 is 1.84 bits per heavy atom. The van der Waals surface area contributed by atoms with Gasteiger partial charge < -0.3 is 19.5 Å². The molecular formula is C23H26N2O7. The van der Waals surface area contributed by atoms with Gasteiger partial charge in [0.1, 0.15) is 6.61 Å². The summed E-state index contributed by atoms with van der Waals surface area (Å²) in [6.07, 6.45) is 1.73. The van der Waals surface area contributed by atoms with Gasteiger partial charge in [-0.15, -0.1) is 0 Å². The van der Waals surface area contributed by atoms with Gasteiger partial charge in [0.15, 0.2) is 5.75 Å². The van der Waals surface area contributed by atoms with Crippen molar-refractivity contribution in [1.29, 1.82) is 0 Å². The van der Waals surface area contributed by atoms with Crippen molar-refractivity contribution in [1.82, 2.24) is 0 Å². The summed E-state index contributed by atoms with van der Waals surface area (Å²) in [6.45, 7) is 9.15. The van der Waals surface area contributed by atoms with E-state index in [2.05, 4.69) is 11.9 Å². The van der Waals surface area contributed by atoms with Crippen LogP contribution in [0.25, 0.3) is 0 Å². The number of nitro benzene ring substituents is 1. The van der Waals surface area contributed by atoms with E-state index in [0.29, 0.717) is 17.7 Å². The van der Waals surface area contributed by atoms with E-state index in [-0.39, 0.29) is 42.1 Å². The maximum Gasteiger partial charge on any atom is 0.338 e. The van der Waals surface area contributed by atoms with Crippen LogP contribution in [-0.2, 0) is 4.74 Å². The largest absolute Gasteiger partial charge is 0.489 e. The van der Waals surface area contributed by atoms with Crippen molar-refractivity contribution in [3.63, 3.8) is 0 Å². The van der Waals surface area contributed by atoms with Crippen molar-refractivity contribution >= 4 is 23.3 Å². The lowest BCUT2D eigenvalue weighted by atomic mass is 10.1. The number of esters is 1. The summed E-state index contributed by atoms with van der Waals surface area (Å²) in [5, 5.41) is 14.2. The summed E-state index contributed by atoms with van der Waals surface area (Å²) in [6, 6.07) is 8.66. The van der Waals surface area contributed by atoms with Crippen LogP contribution in [0.2, 0.25) is 0 Å². The Bertz CT molecular complexity index is 985.